The maximum atomic E-state index is 4.13. The largest absolute Gasteiger partial charge is 0.357 e. The van der Waals surface area contributed by atoms with Gasteiger partial charge in [0.1, 0.15) is 0 Å². The summed E-state index contributed by atoms with van der Waals surface area (Å²) in [6.45, 7) is 4.28. The SMILES string of the molecule is CCCCN1CNSc2cnccc21. The van der Waals surface area contributed by atoms with Gasteiger partial charge in [0.2, 0.25) is 0 Å². The van der Waals surface area contributed by atoms with Gasteiger partial charge in [0.15, 0.2) is 0 Å². The smallest absolute Gasteiger partial charge is 0.0778 e. The highest BCUT2D eigenvalue weighted by Gasteiger charge is 2.15. The van der Waals surface area contributed by atoms with Gasteiger partial charge in [-0.2, -0.15) is 0 Å². The zero-order chi connectivity index (χ0) is 9.80. The lowest BCUT2D eigenvalue weighted by Crippen LogP contribution is -2.35. The lowest BCUT2D eigenvalue weighted by molar-refractivity contribution is 0.696. The molecule has 1 aromatic rings. The molecule has 2 heterocycles. The molecule has 1 N–H and O–H groups in total. The van der Waals surface area contributed by atoms with Crippen LogP contribution in [0.4, 0.5) is 5.69 Å². The minimum absolute atomic E-state index is 0.932. The Kier molecular flexibility index (Phi) is 3.26. The zero-order valence-electron chi connectivity index (χ0n) is 8.36. The average molecular weight is 209 g/mol. The second kappa shape index (κ2) is 4.66. The molecule has 0 saturated carbocycles. The molecule has 0 radical (unpaired) electrons. The number of hydrogen-bond acceptors (Lipinski definition) is 4. The normalized spacial score (nSPS) is 15.4. The quantitative estimate of drug-likeness (QED) is 0.773. The molecule has 0 aliphatic carbocycles. The molecule has 0 saturated heterocycles. The molecule has 0 amide bonds. The number of unbranched alkanes of at least 4 members (excludes halogenated alkanes) is 1. The van der Waals surface area contributed by atoms with Crippen molar-refractivity contribution in [2.45, 2.75) is 24.7 Å². The molecule has 0 aromatic carbocycles. The predicted molar refractivity (Wildman–Crippen MR) is 60.4 cm³/mol. The van der Waals surface area contributed by atoms with Crippen LogP contribution in [0.3, 0.4) is 0 Å². The van der Waals surface area contributed by atoms with Gasteiger partial charge in [0.25, 0.3) is 0 Å². The van der Waals surface area contributed by atoms with E-state index in [2.05, 4.69) is 27.6 Å². The van der Waals surface area contributed by atoms with Crippen LogP contribution in [0.25, 0.3) is 0 Å². The van der Waals surface area contributed by atoms with Crippen molar-refractivity contribution in [3.8, 4) is 0 Å². The molecule has 0 unspecified atom stereocenters. The summed E-state index contributed by atoms with van der Waals surface area (Å²) in [5.74, 6) is 0. The third-order valence-electron chi connectivity index (χ3n) is 2.32. The Morgan fingerprint density at radius 2 is 2.57 bits per heavy atom. The van der Waals surface area contributed by atoms with Gasteiger partial charge in [-0.15, -0.1) is 0 Å². The molecule has 1 aromatic heterocycles. The van der Waals surface area contributed by atoms with Crippen molar-refractivity contribution in [1.29, 1.82) is 0 Å². The van der Waals surface area contributed by atoms with Gasteiger partial charge < -0.3 is 4.90 Å². The van der Waals surface area contributed by atoms with Crippen LogP contribution in [0.15, 0.2) is 23.4 Å². The van der Waals surface area contributed by atoms with Crippen LogP contribution in [0.5, 0.6) is 0 Å². The fraction of sp³-hybridized carbons (Fsp3) is 0.500. The van der Waals surface area contributed by atoms with Gasteiger partial charge in [-0.05, 0) is 24.4 Å². The predicted octanol–water partition coefficient (Wildman–Crippen LogP) is 2.26. The lowest BCUT2D eigenvalue weighted by atomic mass is 10.3. The van der Waals surface area contributed by atoms with Crippen LogP contribution in [0.2, 0.25) is 0 Å². The first-order valence-electron chi connectivity index (χ1n) is 5.00. The molecular formula is C10H15N3S. The van der Waals surface area contributed by atoms with Crippen molar-refractivity contribution in [3.05, 3.63) is 18.5 Å². The van der Waals surface area contributed by atoms with Crippen molar-refractivity contribution in [1.82, 2.24) is 9.71 Å². The van der Waals surface area contributed by atoms with E-state index in [0.717, 1.165) is 13.2 Å². The summed E-state index contributed by atoms with van der Waals surface area (Å²) in [6, 6.07) is 2.10. The summed E-state index contributed by atoms with van der Waals surface area (Å²) in [6.07, 6.45) is 6.27. The molecule has 0 fully saturated rings. The van der Waals surface area contributed by atoms with E-state index in [1.165, 1.54) is 23.4 Å². The molecule has 0 spiro atoms. The van der Waals surface area contributed by atoms with E-state index in [0.29, 0.717) is 0 Å². The molecule has 0 atom stereocenters. The highest BCUT2D eigenvalue weighted by Crippen LogP contribution is 2.30. The third kappa shape index (κ3) is 2.01. The van der Waals surface area contributed by atoms with Gasteiger partial charge in [-0.25, -0.2) is 4.72 Å². The number of nitrogens with one attached hydrogen (secondary N) is 1. The lowest BCUT2D eigenvalue weighted by Gasteiger charge is -2.30. The first-order chi connectivity index (χ1) is 6.92. The van der Waals surface area contributed by atoms with E-state index in [1.54, 1.807) is 11.9 Å². The van der Waals surface area contributed by atoms with Gasteiger partial charge in [-0.1, -0.05) is 13.3 Å². The van der Waals surface area contributed by atoms with E-state index < -0.39 is 0 Å². The number of hydrogen-bond donors (Lipinski definition) is 1. The summed E-state index contributed by atoms with van der Waals surface area (Å²) in [4.78, 5) is 7.73. The minimum atomic E-state index is 0.932. The Bertz CT molecular complexity index is 303. The van der Waals surface area contributed by atoms with Gasteiger partial charge >= 0.3 is 0 Å². The van der Waals surface area contributed by atoms with E-state index in [-0.39, 0.29) is 0 Å². The fourth-order valence-corrected chi connectivity index (χ4v) is 2.33. The number of anilines is 1. The standard InChI is InChI=1S/C10H15N3S/c1-2-3-6-13-8-12-14-10-7-11-5-4-9(10)13/h4-5,7,12H,2-3,6,8H2,1H3. The molecule has 76 valence electrons. The Morgan fingerprint density at radius 3 is 3.43 bits per heavy atom. The molecular weight excluding hydrogens is 194 g/mol. The number of rotatable bonds is 3. The summed E-state index contributed by atoms with van der Waals surface area (Å²) in [5.41, 5.74) is 1.32. The molecule has 4 heteroatoms. The summed E-state index contributed by atoms with van der Waals surface area (Å²) in [7, 11) is 0. The van der Waals surface area contributed by atoms with Crippen LogP contribution >= 0.6 is 11.9 Å². The Labute approximate surface area is 89.0 Å². The van der Waals surface area contributed by atoms with Gasteiger partial charge in [0, 0.05) is 18.9 Å². The van der Waals surface area contributed by atoms with Gasteiger partial charge in [-0.3, -0.25) is 4.98 Å². The molecule has 14 heavy (non-hydrogen) atoms. The van der Waals surface area contributed by atoms with E-state index in [4.69, 9.17) is 0 Å². The monoisotopic (exact) mass is 209 g/mol. The van der Waals surface area contributed by atoms with E-state index >= 15 is 0 Å². The first-order valence-corrected chi connectivity index (χ1v) is 5.82. The van der Waals surface area contributed by atoms with Crippen molar-refractivity contribution >= 4 is 17.6 Å². The van der Waals surface area contributed by atoms with Crippen molar-refractivity contribution in [3.63, 3.8) is 0 Å². The van der Waals surface area contributed by atoms with Gasteiger partial charge in [0.05, 0.1) is 17.3 Å². The highest BCUT2D eigenvalue weighted by molar-refractivity contribution is 7.97. The molecule has 3 nitrogen and oxygen atoms in total. The molecule has 2 rings (SSSR count). The van der Waals surface area contributed by atoms with Crippen LogP contribution in [0, 0.1) is 0 Å². The summed E-state index contributed by atoms with van der Waals surface area (Å²) in [5, 5.41) is 0. The number of aromatic nitrogens is 1. The Balaban J connectivity index is 2.14. The number of fused-ring (bicyclic) bond motifs is 1. The van der Waals surface area contributed by atoms with E-state index in [9.17, 15) is 0 Å². The molecule has 1 aliphatic rings. The van der Waals surface area contributed by atoms with Crippen LogP contribution in [0.1, 0.15) is 19.8 Å². The van der Waals surface area contributed by atoms with E-state index in [1.807, 2.05) is 12.4 Å². The van der Waals surface area contributed by atoms with Crippen LogP contribution in [-0.2, 0) is 0 Å². The van der Waals surface area contributed by atoms with Crippen molar-refractivity contribution in [2.24, 2.45) is 0 Å². The maximum Gasteiger partial charge on any atom is 0.0778 e. The zero-order valence-corrected chi connectivity index (χ0v) is 9.18. The van der Waals surface area contributed by atoms with Crippen LogP contribution < -0.4 is 9.62 Å². The topological polar surface area (TPSA) is 28.2 Å². The summed E-state index contributed by atoms with van der Waals surface area (Å²) < 4.78 is 3.30. The second-order valence-corrected chi connectivity index (χ2v) is 4.30. The number of nitrogens with zero attached hydrogens (tertiary/aromatic N) is 2. The highest BCUT2D eigenvalue weighted by atomic mass is 32.2. The number of pyridine rings is 1. The molecule has 0 bridgehead atoms. The fourth-order valence-electron chi connectivity index (χ4n) is 1.53. The van der Waals surface area contributed by atoms with Crippen molar-refractivity contribution < 1.29 is 0 Å². The third-order valence-corrected chi connectivity index (χ3v) is 3.13. The minimum Gasteiger partial charge on any atom is -0.357 e. The Hall–Kier alpha value is -0.740. The average Bonchev–Trinajstić information content (AvgIpc) is 2.26. The maximum absolute atomic E-state index is 4.13. The Morgan fingerprint density at radius 1 is 1.64 bits per heavy atom. The molecule has 1 aliphatic heterocycles. The van der Waals surface area contributed by atoms with Crippen LogP contribution in [-0.4, -0.2) is 18.2 Å². The summed E-state index contributed by atoms with van der Waals surface area (Å²) >= 11 is 1.67. The second-order valence-electron chi connectivity index (χ2n) is 3.36. The van der Waals surface area contributed by atoms with Crippen molar-refractivity contribution in [2.75, 3.05) is 18.1 Å². The first kappa shape index (κ1) is 9.80.